The zero-order chi connectivity index (χ0) is 23.8. The van der Waals surface area contributed by atoms with Crippen LogP contribution in [0.2, 0.25) is 0 Å². The fourth-order valence-corrected chi connectivity index (χ4v) is 5.71. The summed E-state index contributed by atoms with van der Waals surface area (Å²) in [4.78, 5) is 17.5. The van der Waals surface area contributed by atoms with Gasteiger partial charge in [-0.05, 0) is 54.2 Å². The molecule has 1 unspecified atom stereocenters. The molecule has 34 heavy (non-hydrogen) atoms. The fourth-order valence-electron chi connectivity index (χ4n) is 4.59. The summed E-state index contributed by atoms with van der Waals surface area (Å²) < 4.78 is 7.56. The predicted octanol–water partition coefficient (Wildman–Crippen LogP) is 5.96. The molecule has 2 atom stereocenters. The number of aryl methyl sites for hydroxylation is 1. The first-order valence-corrected chi connectivity index (χ1v) is 12.6. The number of pyridine rings is 1. The van der Waals surface area contributed by atoms with Gasteiger partial charge in [0.25, 0.3) is 0 Å². The highest BCUT2D eigenvalue weighted by atomic mass is 32.1. The van der Waals surface area contributed by atoms with E-state index in [0.29, 0.717) is 28.3 Å². The number of carboxylic acid groups (broad SMARTS) is 1. The SMILES string of the molecule is CCc1ccc(O[C@H](C)c2ccccc2)c2c(C(=O)O)cc(-c3csc4c3=CCC(C)C=4)nc12. The third-order valence-electron chi connectivity index (χ3n) is 6.45. The van der Waals surface area contributed by atoms with Crippen molar-refractivity contribution in [1.82, 2.24) is 4.98 Å². The largest absolute Gasteiger partial charge is 0.485 e. The minimum Gasteiger partial charge on any atom is -0.485 e. The summed E-state index contributed by atoms with van der Waals surface area (Å²) in [7, 11) is 0. The Morgan fingerprint density at radius 2 is 2.03 bits per heavy atom. The number of aromatic nitrogens is 1. The van der Waals surface area contributed by atoms with Gasteiger partial charge in [-0.1, -0.05) is 62.4 Å². The Kier molecular flexibility index (Phi) is 5.96. The molecule has 0 saturated carbocycles. The standard InChI is InChI=1S/C29H27NO3S/c1-4-19-11-13-25(33-18(3)20-8-6-5-7-9-20)27-22(29(31)32)15-24(30-28(19)27)23-16-34-26-14-17(2)10-12-21(23)26/h5-9,11-18H,4,10H2,1-3H3,(H,31,32)/t17?,18-/m1/s1. The molecular formula is C29H27NO3S. The van der Waals surface area contributed by atoms with Crippen molar-refractivity contribution < 1.29 is 14.6 Å². The molecule has 2 aromatic heterocycles. The number of thiophene rings is 1. The molecule has 2 heterocycles. The van der Waals surface area contributed by atoms with Gasteiger partial charge in [-0.3, -0.25) is 0 Å². The molecule has 1 aliphatic rings. The van der Waals surface area contributed by atoms with Gasteiger partial charge in [-0.2, -0.15) is 0 Å². The first-order valence-electron chi connectivity index (χ1n) is 11.7. The van der Waals surface area contributed by atoms with Crippen LogP contribution >= 0.6 is 11.3 Å². The monoisotopic (exact) mass is 469 g/mol. The molecule has 0 spiro atoms. The van der Waals surface area contributed by atoms with Crippen LogP contribution in [0.4, 0.5) is 0 Å². The van der Waals surface area contributed by atoms with Gasteiger partial charge < -0.3 is 9.84 Å². The molecule has 172 valence electrons. The predicted molar refractivity (Wildman–Crippen MR) is 139 cm³/mol. The van der Waals surface area contributed by atoms with Crippen LogP contribution in [0.1, 0.15) is 54.8 Å². The van der Waals surface area contributed by atoms with Gasteiger partial charge in [0.1, 0.15) is 11.9 Å². The summed E-state index contributed by atoms with van der Waals surface area (Å²) >= 11 is 1.69. The second kappa shape index (κ2) is 9.07. The van der Waals surface area contributed by atoms with E-state index in [1.807, 2.05) is 49.4 Å². The Balaban J connectivity index is 1.71. The van der Waals surface area contributed by atoms with E-state index in [-0.39, 0.29) is 11.7 Å². The normalized spacial score (nSPS) is 15.8. The average Bonchev–Trinajstić information content (AvgIpc) is 3.27. The van der Waals surface area contributed by atoms with E-state index in [1.165, 1.54) is 4.53 Å². The van der Waals surface area contributed by atoms with Crippen molar-refractivity contribution in [3.63, 3.8) is 0 Å². The van der Waals surface area contributed by atoms with E-state index in [9.17, 15) is 9.90 Å². The Hall–Kier alpha value is -3.44. The molecule has 1 aliphatic carbocycles. The number of hydrogen-bond donors (Lipinski definition) is 1. The number of carboxylic acids is 1. The summed E-state index contributed by atoms with van der Waals surface area (Å²) in [5, 5.41) is 14.0. The van der Waals surface area contributed by atoms with Crippen LogP contribution in [0.5, 0.6) is 5.75 Å². The molecule has 1 N–H and O–H groups in total. The van der Waals surface area contributed by atoms with Crippen molar-refractivity contribution in [3.05, 3.63) is 80.4 Å². The first-order chi connectivity index (χ1) is 16.5. The van der Waals surface area contributed by atoms with Crippen LogP contribution in [0.15, 0.2) is 53.9 Å². The average molecular weight is 470 g/mol. The number of ether oxygens (including phenoxy) is 1. The maximum absolute atomic E-state index is 12.5. The zero-order valence-corrected chi connectivity index (χ0v) is 20.4. The fraction of sp³-hybridized carbons (Fsp3) is 0.241. The topological polar surface area (TPSA) is 59.4 Å². The minimum atomic E-state index is -0.979. The minimum absolute atomic E-state index is 0.221. The van der Waals surface area contributed by atoms with Crippen LogP contribution in [-0.2, 0) is 6.42 Å². The molecule has 5 heteroatoms. The Labute approximate surface area is 202 Å². The van der Waals surface area contributed by atoms with Crippen LogP contribution in [0.3, 0.4) is 0 Å². The number of aromatic carboxylic acids is 1. The molecular weight excluding hydrogens is 442 g/mol. The number of benzene rings is 2. The summed E-state index contributed by atoms with van der Waals surface area (Å²) in [6, 6.07) is 15.5. The molecule has 2 aromatic carbocycles. The number of hydrogen-bond acceptors (Lipinski definition) is 4. The lowest BCUT2D eigenvalue weighted by Crippen LogP contribution is -2.25. The lowest BCUT2D eigenvalue weighted by atomic mass is 9.98. The quantitative estimate of drug-likeness (QED) is 0.378. The first kappa shape index (κ1) is 22.4. The Bertz CT molecular complexity index is 1500. The molecule has 0 bridgehead atoms. The second-order valence-electron chi connectivity index (χ2n) is 8.84. The summed E-state index contributed by atoms with van der Waals surface area (Å²) in [6.07, 6.45) is 6.04. The van der Waals surface area contributed by atoms with Gasteiger partial charge in [-0.25, -0.2) is 9.78 Å². The van der Waals surface area contributed by atoms with Gasteiger partial charge in [0, 0.05) is 15.5 Å². The van der Waals surface area contributed by atoms with Crippen LogP contribution < -0.4 is 14.5 Å². The molecule has 0 radical (unpaired) electrons. The molecule has 0 amide bonds. The molecule has 0 aliphatic heterocycles. The van der Waals surface area contributed by atoms with E-state index in [0.717, 1.165) is 34.8 Å². The van der Waals surface area contributed by atoms with E-state index < -0.39 is 5.97 Å². The van der Waals surface area contributed by atoms with Crippen LogP contribution in [0, 0.1) is 5.92 Å². The number of nitrogens with zero attached hydrogens (tertiary/aromatic N) is 1. The van der Waals surface area contributed by atoms with E-state index in [4.69, 9.17) is 9.72 Å². The lowest BCUT2D eigenvalue weighted by Gasteiger charge is -2.19. The highest BCUT2D eigenvalue weighted by Gasteiger charge is 2.21. The van der Waals surface area contributed by atoms with Crippen molar-refractivity contribution in [2.75, 3.05) is 0 Å². The van der Waals surface area contributed by atoms with Crippen molar-refractivity contribution in [1.29, 1.82) is 0 Å². The summed E-state index contributed by atoms with van der Waals surface area (Å²) in [6.45, 7) is 6.25. The smallest absolute Gasteiger partial charge is 0.336 e. The van der Waals surface area contributed by atoms with Crippen molar-refractivity contribution in [2.45, 2.75) is 39.7 Å². The third kappa shape index (κ3) is 4.01. The number of rotatable bonds is 6. The van der Waals surface area contributed by atoms with Crippen molar-refractivity contribution in [3.8, 4) is 17.0 Å². The maximum Gasteiger partial charge on any atom is 0.336 e. The second-order valence-corrected chi connectivity index (χ2v) is 9.75. The van der Waals surface area contributed by atoms with E-state index in [2.05, 4.69) is 31.4 Å². The maximum atomic E-state index is 12.5. The van der Waals surface area contributed by atoms with Gasteiger partial charge >= 0.3 is 5.97 Å². The van der Waals surface area contributed by atoms with Crippen molar-refractivity contribution >= 4 is 40.4 Å². The highest BCUT2D eigenvalue weighted by Crippen LogP contribution is 2.36. The molecule has 4 aromatic rings. The van der Waals surface area contributed by atoms with E-state index >= 15 is 0 Å². The lowest BCUT2D eigenvalue weighted by molar-refractivity contribution is 0.0698. The van der Waals surface area contributed by atoms with Crippen molar-refractivity contribution in [2.24, 2.45) is 5.92 Å². The summed E-state index contributed by atoms with van der Waals surface area (Å²) in [5.41, 5.74) is 4.65. The molecule has 5 rings (SSSR count). The van der Waals surface area contributed by atoms with Gasteiger partial charge in [0.05, 0.1) is 22.2 Å². The molecule has 0 fully saturated rings. The molecule has 0 saturated heterocycles. The third-order valence-corrected chi connectivity index (χ3v) is 7.42. The van der Waals surface area contributed by atoms with Crippen LogP contribution in [-0.4, -0.2) is 16.1 Å². The Morgan fingerprint density at radius 1 is 1.24 bits per heavy atom. The van der Waals surface area contributed by atoms with Gasteiger partial charge in [-0.15, -0.1) is 11.3 Å². The van der Waals surface area contributed by atoms with Gasteiger partial charge in [0.2, 0.25) is 0 Å². The zero-order valence-electron chi connectivity index (χ0n) is 19.5. The highest BCUT2D eigenvalue weighted by molar-refractivity contribution is 7.08. The summed E-state index contributed by atoms with van der Waals surface area (Å²) in [5.74, 6) is 0.0737. The molecule has 4 nitrogen and oxygen atoms in total. The van der Waals surface area contributed by atoms with E-state index in [1.54, 1.807) is 17.4 Å². The number of fused-ring (bicyclic) bond motifs is 2. The Morgan fingerprint density at radius 3 is 2.76 bits per heavy atom. The van der Waals surface area contributed by atoms with Gasteiger partial charge in [0.15, 0.2) is 0 Å². The number of carbonyl (C=O) groups is 1. The van der Waals surface area contributed by atoms with Crippen LogP contribution in [0.25, 0.3) is 34.3 Å².